The third kappa shape index (κ3) is 3.58. The van der Waals surface area contributed by atoms with Gasteiger partial charge in [0.05, 0.1) is 12.3 Å². The first-order valence-corrected chi connectivity index (χ1v) is 8.65. The van der Waals surface area contributed by atoms with Crippen molar-refractivity contribution in [1.29, 1.82) is 0 Å². The first kappa shape index (κ1) is 17.2. The van der Waals surface area contributed by atoms with Crippen molar-refractivity contribution in [3.05, 3.63) is 63.6 Å². The Labute approximate surface area is 154 Å². The van der Waals surface area contributed by atoms with Crippen molar-refractivity contribution in [2.24, 2.45) is 0 Å². The Morgan fingerprint density at radius 3 is 2.56 bits per heavy atom. The van der Waals surface area contributed by atoms with Gasteiger partial charge in [0, 0.05) is 10.0 Å². The summed E-state index contributed by atoms with van der Waals surface area (Å²) in [5, 5.41) is 1.26. The van der Waals surface area contributed by atoms with Crippen molar-refractivity contribution in [2.75, 3.05) is 11.6 Å². The summed E-state index contributed by atoms with van der Waals surface area (Å²) in [6.45, 7) is 4.33. The lowest BCUT2D eigenvalue weighted by atomic mass is 10.1. The third-order valence-electron chi connectivity index (χ3n) is 3.76. The Morgan fingerprint density at radius 2 is 1.88 bits per heavy atom. The maximum atomic E-state index is 12.7. The number of nitrogens with one attached hydrogen (secondary N) is 1. The van der Waals surface area contributed by atoms with E-state index in [1.165, 1.54) is 5.01 Å². The molecule has 2 amide bonds. The van der Waals surface area contributed by atoms with E-state index in [-0.39, 0.29) is 5.57 Å². The first-order valence-electron chi connectivity index (χ1n) is 7.85. The van der Waals surface area contributed by atoms with Crippen LogP contribution in [0.1, 0.15) is 18.1 Å². The highest BCUT2D eigenvalue weighted by molar-refractivity contribution is 9.10. The third-order valence-corrected chi connectivity index (χ3v) is 4.25. The minimum Gasteiger partial charge on any atom is -0.493 e. The van der Waals surface area contributed by atoms with Gasteiger partial charge >= 0.3 is 0 Å². The van der Waals surface area contributed by atoms with Gasteiger partial charge in [-0.3, -0.25) is 15.0 Å². The molecule has 2 aromatic carbocycles. The molecule has 6 heteroatoms. The van der Waals surface area contributed by atoms with Crippen molar-refractivity contribution in [3.8, 4) is 5.75 Å². The second-order valence-corrected chi connectivity index (χ2v) is 6.51. The standard InChI is InChI=1S/C19H17BrN2O3/c1-3-25-17-9-6-14(20)10-13(17)11-16-18(23)21-22(19(16)24)15-7-4-12(2)5-8-15/h4-11H,3H2,1-2H3,(H,21,23)/b16-11+. The summed E-state index contributed by atoms with van der Waals surface area (Å²) in [6, 6.07) is 12.8. The van der Waals surface area contributed by atoms with Gasteiger partial charge in [0.2, 0.25) is 0 Å². The highest BCUT2D eigenvalue weighted by Crippen LogP contribution is 2.28. The Kier molecular flexibility index (Phi) is 4.90. The smallest absolute Gasteiger partial charge is 0.282 e. The van der Waals surface area contributed by atoms with Gasteiger partial charge < -0.3 is 4.74 Å². The topological polar surface area (TPSA) is 58.6 Å². The van der Waals surface area contributed by atoms with Gasteiger partial charge in [0.15, 0.2) is 0 Å². The zero-order valence-electron chi connectivity index (χ0n) is 13.9. The molecule has 2 aromatic rings. The van der Waals surface area contributed by atoms with Gasteiger partial charge in [-0.05, 0) is 50.3 Å². The summed E-state index contributed by atoms with van der Waals surface area (Å²) in [7, 11) is 0. The number of amides is 2. The van der Waals surface area contributed by atoms with E-state index in [0.717, 1.165) is 10.0 Å². The Hall–Kier alpha value is -2.60. The van der Waals surface area contributed by atoms with Crippen molar-refractivity contribution in [2.45, 2.75) is 13.8 Å². The Balaban J connectivity index is 1.96. The average molecular weight is 401 g/mol. The van der Waals surface area contributed by atoms with E-state index in [0.29, 0.717) is 23.6 Å². The number of anilines is 1. The molecule has 1 fully saturated rings. The molecule has 0 unspecified atom stereocenters. The van der Waals surface area contributed by atoms with Gasteiger partial charge in [0.25, 0.3) is 11.8 Å². The van der Waals surface area contributed by atoms with Crippen LogP contribution in [0, 0.1) is 6.92 Å². The number of hydrogen-bond donors (Lipinski definition) is 1. The zero-order chi connectivity index (χ0) is 18.0. The molecular formula is C19H17BrN2O3. The molecule has 0 atom stereocenters. The molecule has 1 aliphatic rings. The molecule has 1 saturated heterocycles. The van der Waals surface area contributed by atoms with Gasteiger partial charge in [0.1, 0.15) is 11.3 Å². The summed E-state index contributed by atoms with van der Waals surface area (Å²) in [5.41, 5.74) is 5.03. The number of hydrazine groups is 1. The fourth-order valence-electron chi connectivity index (χ4n) is 2.51. The van der Waals surface area contributed by atoms with E-state index in [2.05, 4.69) is 21.4 Å². The van der Waals surface area contributed by atoms with E-state index >= 15 is 0 Å². The van der Waals surface area contributed by atoms with Crippen molar-refractivity contribution in [1.82, 2.24) is 5.43 Å². The zero-order valence-corrected chi connectivity index (χ0v) is 15.5. The van der Waals surface area contributed by atoms with Crippen LogP contribution in [0.4, 0.5) is 5.69 Å². The maximum absolute atomic E-state index is 12.7. The number of halogens is 1. The molecule has 0 aromatic heterocycles. The van der Waals surface area contributed by atoms with Gasteiger partial charge in [-0.25, -0.2) is 5.01 Å². The number of aryl methyl sites for hydroxylation is 1. The maximum Gasteiger partial charge on any atom is 0.282 e. The van der Waals surface area contributed by atoms with Gasteiger partial charge in [-0.15, -0.1) is 0 Å². The SMILES string of the molecule is CCOc1ccc(Br)cc1/C=C1\C(=O)NN(c2ccc(C)cc2)C1=O. The average Bonchev–Trinajstić information content (AvgIpc) is 2.86. The number of benzene rings is 2. The molecule has 1 aliphatic heterocycles. The Morgan fingerprint density at radius 1 is 1.16 bits per heavy atom. The number of rotatable bonds is 4. The van der Waals surface area contributed by atoms with E-state index in [1.807, 2.05) is 38.1 Å². The quantitative estimate of drug-likeness (QED) is 0.629. The van der Waals surface area contributed by atoms with Gasteiger partial charge in [-0.1, -0.05) is 33.6 Å². The van der Waals surface area contributed by atoms with Crippen LogP contribution >= 0.6 is 15.9 Å². The summed E-state index contributed by atoms with van der Waals surface area (Å²) in [5.74, 6) is -0.211. The second-order valence-electron chi connectivity index (χ2n) is 5.59. The minimum atomic E-state index is -0.437. The molecule has 1 heterocycles. The van der Waals surface area contributed by atoms with Crippen LogP contribution in [0.5, 0.6) is 5.75 Å². The Bertz CT molecular complexity index is 859. The number of hydrogen-bond acceptors (Lipinski definition) is 3. The highest BCUT2D eigenvalue weighted by atomic mass is 79.9. The lowest BCUT2D eigenvalue weighted by molar-refractivity contribution is -0.117. The molecule has 0 aliphatic carbocycles. The number of ether oxygens (including phenoxy) is 1. The fraction of sp³-hybridized carbons (Fsp3) is 0.158. The fourth-order valence-corrected chi connectivity index (χ4v) is 2.89. The van der Waals surface area contributed by atoms with Crippen LogP contribution in [0.3, 0.4) is 0 Å². The van der Waals surface area contributed by atoms with Crippen LogP contribution in [-0.2, 0) is 9.59 Å². The lowest BCUT2D eigenvalue weighted by Crippen LogP contribution is -2.35. The molecule has 128 valence electrons. The van der Waals surface area contributed by atoms with Crippen LogP contribution < -0.4 is 15.2 Å². The summed E-state index contributed by atoms with van der Waals surface area (Å²) >= 11 is 3.40. The van der Waals surface area contributed by atoms with Crippen molar-refractivity contribution < 1.29 is 14.3 Å². The molecule has 0 radical (unpaired) electrons. The predicted molar refractivity (Wildman–Crippen MR) is 100 cm³/mol. The summed E-state index contributed by atoms with van der Waals surface area (Å²) in [4.78, 5) is 25.0. The van der Waals surface area contributed by atoms with E-state index in [9.17, 15) is 9.59 Å². The van der Waals surface area contributed by atoms with Crippen LogP contribution in [-0.4, -0.2) is 18.4 Å². The molecule has 0 bridgehead atoms. The van der Waals surface area contributed by atoms with Crippen LogP contribution in [0.15, 0.2) is 52.5 Å². The molecule has 1 N–H and O–H groups in total. The lowest BCUT2D eigenvalue weighted by Gasteiger charge is -2.14. The normalized spacial score (nSPS) is 15.6. The summed E-state index contributed by atoms with van der Waals surface area (Å²) in [6.07, 6.45) is 1.56. The molecule has 25 heavy (non-hydrogen) atoms. The molecule has 0 spiro atoms. The van der Waals surface area contributed by atoms with E-state index in [4.69, 9.17) is 4.74 Å². The summed E-state index contributed by atoms with van der Waals surface area (Å²) < 4.78 is 6.41. The predicted octanol–water partition coefficient (Wildman–Crippen LogP) is 3.62. The largest absolute Gasteiger partial charge is 0.493 e. The minimum absolute atomic E-state index is 0.0691. The molecule has 3 rings (SSSR count). The van der Waals surface area contributed by atoms with Gasteiger partial charge in [-0.2, -0.15) is 0 Å². The number of carbonyl (C=O) groups excluding carboxylic acids is 2. The van der Waals surface area contributed by atoms with Crippen molar-refractivity contribution in [3.63, 3.8) is 0 Å². The number of nitrogens with zero attached hydrogens (tertiary/aromatic N) is 1. The highest BCUT2D eigenvalue weighted by Gasteiger charge is 2.34. The van der Waals surface area contributed by atoms with E-state index in [1.54, 1.807) is 24.3 Å². The monoisotopic (exact) mass is 400 g/mol. The molecular weight excluding hydrogens is 384 g/mol. The first-order chi connectivity index (χ1) is 12.0. The molecule has 5 nitrogen and oxygen atoms in total. The van der Waals surface area contributed by atoms with Crippen molar-refractivity contribution >= 4 is 39.5 Å². The van der Waals surface area contributed by atoms with E-state index < -0.39 is 11.8 Å². The number of carbonyl (C=O) groups is 2. The molecule has 0 saturated carbocycles. The van der Waals surface area contributed by atoms with Crippen LogP contribution in [0.2, 0.25) is 0 Å². The van der Waals surface area contributed by atoms with Crippen LogP contribution in [0.25, 0.3) is 6.08 Å². The second kappa shape index (κ2) is 7.11.